The van der Waals surface area contributed by atoms with Crippen molar-refractivity contribution in [1.29, 1.82) is 0 Å². The Morgan fingerprint density at radius 3 is 2.63 bits per heavy atom. The van der Waals surface area contributed by atoms with Crippen molar-refractivity contribution in [3.05, 3.63) is 72.8 Å². The molecule has 134 valence electrons. The van der Waals surface area contributed by atoms with Crippen molar-refractivity contribution in [1.82, 2.24) is 9.97 Å². The van der Waals surface area contributed by atoms with Crippen molar-refractivity contribution >= 4 is 22.6 Å². The first-order valence-corrected chi connectivity index (χ1v) is 8.44. The van der Waals surface area contributed by atoms with Crippen LogP contribution in [0, 0.1) is 0 Å². The smallest absolute Gasteiger partial charge is 0.229 e. The second-order valence-electron chi connectivity index (χ2n) is 6.01. The first-order chi connectivity index (χ1) is 13.2. The maximum atomic E-state index is 12.4. The fourth-order valence-electron chi connectivity index (χ4n) is 2.83. The molecule has 0 aliphatic rings. The molecule has 1 N–H and O–H groups in total. The minimum Gasteiger partial charge on any atom is -0.497 e. The SMILES string of the molecule is COc1ccc2c(CC(=O)Nc3cnc(-c4ccccc4)nc3)coc2c1. The zero-order valence-electron chi connectivity index (χ0n) is 14.7. The Labute approximate surface area is 155 Å². The highest BCUT2D eigenvalue weighted by Gasteiger charge is 2.12. The average Bonchev–Trinajstić information content (AvgIpc) is 3.11. The lowest BCUT2D eigenvalue weighted by molar-refractivity contribution is -0.115. The summed E-state index contributed by atoms with van der Waals surface area (Å²) in [6.07, 6.45) is 5.00. The minimum absolute atomic E-state index is 0.162. The zero-order chi connectivity index (χ0) is 18.6. The van der Waals surface area contributed by atoms with Gasteiger partial charge in [-0.25, -0.2) is 9.97 Å². The van der Waals surface area contributed by atoms with Gasteiger partial charge in [-0.3, -0.25) is 4.79 Å². The molecule has 0 fully saturated rings. The number of benzene rings is 2. The van der Waals surface area contributed by atoms with Crippen LogP contribution >= 0.6 is 0 Å². The number of hydrogen-bond donors (Lipinski definition) is 1. The first kappa shape index (κ1) is 16.8. The molecule has 27 heavy (non-hydrogen) atoms. The molecule has 2 aromatic heterocycles. The highest BCUT2D eigenvalue weighted by molar-refractivity contribution is 5.95. The van der Waals surface area contributed by atoms with E-state index >= 15 is 0 Å². The monoisotopic (exact) mass is 359 g/mol. The van der Waals surface area contributed by atoms with Crippen molar-refractivity contribution in [3.63, 3.8) is 0 Å². The van der Waals surface area contributed by atoms with Gasteiger partial charge in [0.25, 0.3) is 0 Å². The van der Waals surface area contributed by atoms with E-state index in [2.05, 4.69) is 15.3 Å². The van der Waals surface area contributed by atoms with E-state index in [4.69, 9.17) is 9.15 Å². The number of methoxy groups -OCH3 is 1. The fourth-order valence-corrected chi connectivity index (χ4v) is 2.83. The molecule has 0 aliphatic heterocycles. The maximum absolute atomic E-state index is 12.4. The van der Waals surface area contributed by atoms with Crippen molar-refractivity contribution in [2.24, 2.45) is 0 Å². The summed E-state index contributed by atoms with van der Waals surface area (Å²) < 4.78 is 10.7. The van der Waals surface area contributed by atoms with E-state index in [0.29, 0.717) is 22.8 Å². The van der Waals surface area contributed by atoms with Crippen LogP contribution in [0.1, 0.15) is 5.56 Å². The van der Waals surface area contributed by atoms with Crippen LogP contribution in [0.25, 0.3) is 22.4 Å². The highest BCUT2D eigenvalue weighted by Crippen LogP contribution is 2.26. The zero-order valence-corrected chi connectivity index (χ0v) is 14.7. The lowest BCUT2D eigenvalue weighted by Gasteiger charge is -2.05. The van der Waals surface area contributed by atoms with Gasteiger partial charge in [-0.1, -0.05) is 30.3 Å². The Morgan fingerprint density at radius 1 is 1.11 bits per heavy atom. The van der Waals surface area contributed by atoms with Crippen LogP contribution in [0.4, 0.5) is 5.69 Å². The third kappa shape index (κ3) is 3.64. The van der Waals surface area contributed by atoms with Gasteiger partial charge in [-0.15, -0.1) is 0 Å². The van der Waals surface area contributed by atoms with E-state index < -0.39 is 0 Å². The van der Waals surface area contributed by atoms with Crippen LogP contribution in [0.15, 0.2) is 71.6 Å². The summed E-state index contributed by atoms with van der Waals surface area (Å²) in [4.78, 5) is 21.0. The van der Waals surface area contributed by atoms with Crippen molar-refractivity contribution < 1.29 is 13.9 Å². The Balaban J connectivity index is 1.45. The van der Waals surface area contributed by atoms with E-state index in [1.807, 2.05) is 42.5 Å². The van der Waals surface area contributed by atoms with Crippen LogP contribution < -0.4 is 10.1 Å². The Kier molecular flexibility index (Phi) is 4.53. The molecule has 0 saturated carbocycles. The Bertz CT molecular complexity index is 1070. The molecule has 2 heterocycles. The summed E-state index contributed by atoms with van der Waals surface area (Å²) in [5.74, 6) is 1.16. The molecular formula is C21H17N3O3. The number of nitrogens with zero attached hydrogens (tertiary/aromatic N) is 2. The minimum atomic E-state index is -0.162. The number of ether oxygens (including phenoxy) is 1. The Hall–Kier alpha value is -3.67. The van der Waals surface area contributed by atoms with Gasteiger partial charge in [0.05, 0.1) is 37.9 Å². The number of amides is 1. The normalized spacial score (nSPS) is 10.7. The third-order valence-electron chi connectivity index (χ3n) is 4.18. The van der Waals surface area contributed by atoms with Crippen LogP contribution in [-0.2, 0) is 11.2 Å². The lowest BCUT2D eigenvalue weighted by atomic mass is 10.1. The molecule has 4 aromatic rings. The molecule has 4 rings (SSSR count). The summed E-state index contributed by atoms with van der Waals surface area (Å²) in [5, 5.41) is 3.71. The topological polar surface area (TPSA) is 77.2 Å². The van der Waals surface area contributed by atoms with Crippen LogP contribution in [0.5, 0.6) is 5.75 Å². The molecule has 2 aromatic carbocycles. The van der Waals surface area contributed by atoms with Crippen LogP contribution in [0.3, 0.4) is 0 Å². The standard InChI is InChI=1S/C21H17N3O3/c1-26-17-7-8-18-15(13-27-19(18)10-17)9-20(25)24-16-11-22-21(23-12-16)14-5-3-2-4-6-14/h2-8,10-13H,9H2,1H3,(H,24,25). The quantitative estimate of drug-likeness (QED) is 0.581. The number of nitrogens with one attached hydrogen (secondary N) is 1. The molecule has 0 bridgehead atoms. The second kappa shape index (κ2) is 7.29. The molecule has 0 saturated heterocycles. The highest BCUT2D eigenvalue weighted by atomic mass is 16.5. The molecule has 6 heteroatoms. The van der Waals surface area contributed by atoms with Gasteiger partial charge in [-0.05, 0) is 12.1 Å². The van der Waals surface area contributed by atoms with Crippen LogP contribution in [-0.4, -0.2) is 23.0 Å². The lowest BCUT2D eigenvalue weighted by Crippen LogP contribution is -2.14. The number of carbonyl (C=O) groups excluding carboxylic acids is 1. The van der Waals surface area contributed by atoms with Gasteiger partial charge in [0.1, 0.15) is 11.3 Å². The summed E-state index contributed by atoms with van der Waals surface area (Å²) >= 11 is 0. The first-order valence-electron chi connectivity index (χ1n) is 8.44. The van der Waals surface area contributed by atoms with Gasteiger partial charge in [0.2, 0.25) is 5.91 Å². The predicted molar refractivity (Wildman–Crippen MR) is 103 cm³/mol. The van der Waals surface area contributed by atoms with E-state index in [1.165, 1.54) is 0 Å². The number of anilines is 1. The molecule has 0 atom stereocenters. The molecule has 0 unspecified atom stereocenters. The van der Waals surface area contributed by atoms with Crippen LogP contribution in [0.2, 0.25) is 0 Å². The predicted octanol–water partition coefficient (Wildman–Crippen LogP) is 4.08. The van der Waals surface area contributed by atoms with Gasteiger partial charge in [-0.2, -0.15) is 0 Å². The van der Waals surface area contributed by atoms with E-state index in [0.717, 1.165) is 16.5 Å². The number of rotatable bonds is 5. The third-order valence-corrected chi connectivity index (χ3v) is 4.18. The van der Waals surface area contributed by atoms with Crippen molar-refractivity contribution in [2.75, 3.05) is 12.4 Å². The number of aromatic nitrogens is 2. The van der Waals surface area contributed by atoms with Crippen molar-refractivity contribution in [3.8, 4) is 17.1 Å². The molecule has 6 nitrogen and oxygen atoms in total. The number of hydrogen-bond acceptors (Lipinski definition) is 5. The van der Waals surface area contributed by atoms with Gasteiger partial charge < -0.3 is 14.5 Å². The van der Waals surface area contributed by atoms with Gasteiger partial charge in [0.15, 0.2) is 5.82 Å². The van der Waals surface area contributed by atoms with E-state index in [-0.39, 0.29) is 12.3 Å². The average molecular weight is 359 g/mol. The number of furan rings is 1. The molecule has 1 amide bonds. The van der Waals surface area contributed by atoms with E-state index in [9.17, 15) is 4.79 Å². The number of fused-ring (bicyclic) bond motifs is 1. The van der Waals surface area contributed by atoms with Gasteiger partial charge in [0, 0.05) is 22.6 Å². The summed E-state index contributed by atoms with van der Waals surface area (Å²) in [6.45, 7) is 0. The van der Waals surface area contributed by atoms with E-state index in [1.54, 1.807) is 31.8 Å². The molecular weight excluding hydrogens is 342 g/mol. The summed E-state index contributed by atoms with van der Waals surface area (Å²) in [7, 11) is 1.60. The Morgan fingerprint density at radius 2 is 1.89 bits per heavy atom. The van der Waals surface area contributed by atoms with Crippen molar-refractivity contribution in [2.45, 2.75) is 6.42 Å². The fraction of sp³-hybridized carbons (Fsp3) is 0.0952. The summed E-state index contributed by atoms with van der Waals surface area (Å²) in [5.41, 5.74) is 2.98. The molecule has 0 spiro atoms. The maximum Gasteiger partial charge on any atom is 0.229 e. The van der Waals surface area contributed by atoms with Gasteiger partial charge >= 0.3 is 0 Å². The molecule has 0 aliphatic carbocycles. The number of carbonyl (C=O) groups is 1. The summed E-state index contributed by atoms with van der Waals surface area (Å²) in [6, 6.07) is 15.2. The second-order valence-corrected chi connectivity index (χ2v) is 6.01. The largest absolute Gasteiger partial charge is 0.497 e. The molecule has 0 radical (unpaired) electrons.